The average molecular weight is 399 g/mol. The zero-order valence-electron chi connectivity index (χ0n) is 13.2. The summed E-state index contributed by atoms with van der Waals surface area (Å²) in [6, 6.07) is 7.54. The molecule has 0 radical (unpaired) electrons. The van der Waals surface area contributed by atoms with E-state index in [0.29, 0.717) is 22.8 Å². The molecular weight excluding hydrogens is 384 g/mol. The molecule has 0 aliphatic carbocycles. The highest BCUT2D eigenvalue weighted by atomic mass is 79.9. The Morgan fingerprint density at radius 2 is 2.20 bits per heavy atom. The molecule has 3 aromatic heterocycles. The molecular formula is C17H15BrN6O. The fraction of sp³-hybridized carbons (Fsp3) is 0.176. The lowest BCUT2D eigenvalue weighted by Gasteiger charge is -2.17. The summed E-state index contributed by atoms with van der Waals surface area (Å²) in [6.07, 6.45) is 5.16. The van der Waals surface area contributed by atoms with Gasteiger partial charge in [0.05, 0.1) is 5.69 Å². The maximum atomic E-state index is 12.7. The number of nitrogens with one attached hydrogen (secondary N) is 2. The third kappa shape index (κ3) is 3.18. The van der Waals surface area contributed by atoms with E-state index in [0.717, 1.165) is 29.9 Å². The van der Waals surface area contributed by atoms with Gasteiger partial charge in [-0.3, -0.25) is 9.78 Å². The number of hydrogen-bond acceptors (Lipinski definition) is 5. The lowest BCUT2D eigenvalue weighted by atomic mass is 10.1. The molecule has 1 amide bonds. The predicted molar refractivity (Wildman–Crippen MR) is 97.1 cm³/mol. The quantitative estimate of drug-likeness (QED) is 0.707. The maximum Gasteiger partial charge on any atom is 0.277 e. The Bertz CT molecular complexity index is 924. The number of carbonyl (C=O) groups excluding carboxylic acids is 1. The molecule has 4 heterocycles. The van der Waals surface area contributed by atoms with Crippen LogP contribution in [0, 0.1) is 0 Å². The number of fused-ring (bicyclic) bond motifs is 1. The Balaban J connectivity index is 1.60. The SMILES string of the molecule is O=C(Nc1cc(-c2cccnc2)ccn1)c1nc(Br)n2c1CNCC2. The summed E-state index contributed by atoms with van der Waals surface area (Å²) in [6.45, 7) is 2.26. The van der Waals surface area contributed by atoms with E-state index in [1.54, 1.807) is 18.6 Å². The van der Waals surface area contributed by atoms with Crippen LogP contribution in [0.1, 0.15) is 16.2 Å². The zero-order chi connectivity index (χ0) is 17.2. The molecule has 3 aromatic rings. The van der Waals surface area contributed by atoms with Gasteiger partial charge in [-0.25, -0.2) is 9.97 Å². The second-order valence-electron chi connectivity index (χ2n) is 5.63. The molecule has 0 aromatic carbocycles. The fourth-order valence-corrected chi connectivity index (χ4v) is 3.40. The molecule has 1 aliphatic rings. The van der Waals surface area contributed by atoms with E-state index in [9.17, 15) is 4.79 Å². The first-order valence-corrected chi connectivity index (χ1v) is 8.65. The van der Waals surface area contributed by atoms with Crippen LogP contribution in [0.4, 0.5) is 5.82 Å². The van der Waals surface area contributed by atoms with Gasteiger partial charge >= 0.3 is 0 Å². The molecule has 0 atom stereocenters. The molecule has 0 spiro atoms. The van der Waals surface area contributed by atoms with Crippen molar-refractivity contribution in [1.82, 2.24) is 24.8 Å². The van der Waals surface area contributed by atoms with E-state index in [4.69, 9.17) is 0 Å². The van der Waals surface area contributed by atoms with Crippen LogP contribution in [0.2, 0.25) is 0 Å². The first-order valence-electron chi connectivity index (χ1n) is 7.86. The molecule has 1 aliphatic heterocycles. The average Bonchev–Trinajstić information content (AvgIpc) is 3.00. The third-order valence-corrected chi connectivity index (χ3v) is 4.65. The van der Waals surface area contributed by atoms with Gasteiger partial charge in [0.15, 0.2) is 10.4 Å². The summed E-state index contributed by atoms with van der Waals surface area (Å²) in [5.41, 5.74) is 3.19. The number of anilines is 1. The van der Waals surface area contributed by atoms with Gasteiger partial charge in [-0.05, 0) is 39.7 Å². The van der Waals surface area contributed by atoms with E-state index >= 15 is 0 Å². The molecule has 126 valence electrons. The van der Waals surface area contributed by atoms with Crippen molar-refractivity contribution < 1.29 is 4.79 Å². The van der Waals surface area contributed by atoms with Crippen LogP contribution in [0.15, 0.2) is 47.6 Å². The monoisotopic (exact) mass is 398 g/mol. The number of carbonyl (C=O) groups is 1. The van der Waals surface area contributed by atoms with E-state index in [1.807, 2.05) is 28.8 Å². The number of imidazole rings is 1. The first kappa shape index (κ1) is 15.9. The van der Waals surface area contributed by atoms with Crippen LogP contribution in [-0.4, -0.2) is 32.0 Å². The van der Waals surface area contributed by atoms with Gasteiger partial charge in [-0.15, -0.1) is 0 Å². The lowest BCUT2D eigenvalue weighted by molar-refractivity contribution is 0.102. The van der Waals surface area contributed by atoms with Gasteiger partial charge in [0.1, 0.15) is 5.82 Å². The topological polar surface area (TPSA) is 84.7 Å². The van der Waals surface area contributed by atoms with Crippen LogP contribution in [0.3, 0.4) is 0 Å². The number of amides is 1. The summed E-state index contributed by atoms with van der Waals surface area (Å²) in [5.74, 6) is 0.210. The van der Waals surface area contributed by atoms with Crippen molar-refractivity contribution in [2.45, 2.75) is 13.1 Å². The van der Waals surface area contributed by atoms with Gasteiger partial charge < -0.3 is 15.2 Å². The Kier molecular flexibility index (Phi) is 4.29. The normalized spacial score (nSPS) is 13.3. The second kappa shape index (κ2) is 6.73. The van der Waals surface area contributed by atoms with Crippen LogP contribution >= 0.6 is 15.9 Å². The minimum absolute atomic E-state index is 0.269. The van der Waals surface area contributed by atoms with E-state index < -0.39 is 0 Å². The third-order valence-electron chi connectivity index (χ3n) is 4.04. The van der Waals surface area contributed by atoms with E-state index in [1.165, 1.54) is 0 Å². The number of hydrogen-bond donors (Lipinski definition) is 2. The molecule has 0 unspecified atom stereocenters. The lowest BCUT2D eigenvalue weighted by Crippen LogP contribution is -2.29. The molecule has 2 N–H and O–H groups in total. The van der Waals surface area contributed by atoms with Crippen LogP contribution in [0.5, 0.6) is 0 Å². The molecule has 25 heavy (non-hydrogen) atoms. The standard InChI is InChI=1S/C17H15BrN6O/c18-17-23-15(13-10-20-6-7-24(13)17)16(25)22-14-8-11(3-5-21-14)12-2-1-4-19-9-12/h1-5,8-9,20H,6-7,10H2,(H,21,22,25). The van der Waals surface area contributed by atoms with E-state index in [2.05, 4.69) is 41.5 Å². The Morgan fingerprint density at radius 1 is 1.28 bits per heavy atom. The summed E-state index contributed by atoms with van der Waals surface area (Å²) in [7, 11) is 0. The maximum absolute atomic E-state index is 12.7. The van der Waals surface area contributed by atoms with Gasteiger partial charge in [0.25, 0.3) is 5.91 Å². The van der Waals surface area contributed by atoms with E-state index in [-0.39, 0.29) is 5.91 Å². The largest absolute Gasteiger partial charge is 0.319 e. The highest BCUT2D eigenvalue weighted by Gasteiger charge is 2.23. The van der Waals surface area contributed by atoms with Crippen LogP contribution in [0.25, 0.3) is 11.1 Å². The minimum Gasteiger partial charge on any atom is -0.319 e. The summed E-state index contributed by atoms with van der Waals surface area (Å²) < 4.78 is 2.68. The molecule has 0 fully saturated rings. The first-order chi connectivity index (χ1) is 12.2. The minimum atomic E-state index is -0.269. The Morgan fingerprint density at radius 3 is 3.04 bits per heavy atom. The number of pyridine rings is 2. The number of aromatic nitrogens is 4. The van der Waals surface area contributed by atoms with Crippen molar-refractivity contribution in [1.29, 1.82) is 0 Å². The van der Waals surface area contributed by atoms with Gasteiger partial charge in [0, 0.05) is 43.8 Å². The van der Waals surface area contributed by atoms with Gasteiger partial charge in [-0.1, -0.05) is 6.07 Å². The van der Waals surface area contributed by atoms with Gasteiger partial charge in [0.2, 0.25) is 0 Å². The van der Waals surface area contributed by atoms with Crippen molar-refractivity contribution in [2.24, 2.45) is 0 Å². The second-order valence-corrected chi connectivity index (χ2v) is 6.34. The molecule has 0 saturated carbocycles. The Hall–Kier alpha value is -2.58. The highest BCUT2D eigenvalue weighted by molar-refractivity contribution is 9.10. The number of nitrogens with zero attached hydrogens (tertiary/aromatic N) is 4. The Labute approximate surface area is 152 Å². The molecule has 0 saturated heterocycles. The smallest absolute Gasteiger partial charge is 0.277 e. The van der Waals surface area contributed by atoms with Crippen molar-refractivity contribution in [3.63, 3.8) is 0 Å². The van der Waals surface area contributed by atoms with Crippen LogP contribution in [-0.2, 0) is 13.1 Å². The van der Waals surface area contributed by atoms with Gasteiger partial charge in [-0.2, -0.15) is 0 Å². The van der Waals surface area contributed by atoms with Crippen molar-refractivity contribution in [3.05, 3.63) is 59.0 Å². The number of halogens is 1. The van der Waals surface area contributed by atoms with Crippen molar-refractivity contribution >= 4 is 27.7 Å². The highest BCUT2D eigenvalue weighted by Crippen LogP contribution is 2.22. The summed E-state index contributed by atoms with van der Waals surface area (Å²) in [5, 5.41) is 6.10. The van der Waals surface area contributed by atoms with Crippen molar-refractivity contribution in [3.8, 4) is 11.1 Å². The van der Waals surface area contributed by atoms with Crippen LogP contribution < -0.4 is 10.6 Å². The summed E-state index contributed by atoms with van der Waals surface area (Å²) >= 11 is 3.42. The molecule has 7 nitrogen and oxygen atoms in total. The number of rotatable bonds is 3. The summed E-state index contributed by atoms with van der Waals surface area (Å²) in [4.78, 5) is 25.4. The molecule has 8 heteroatoms. The molecule has 0 bridgehead atoms. The molecule has 4 rings (SSSR count). The predicted octanol–water partition coefficient (Wildman–Crippen LogP) is 2.46. The van der Waals surface area contributed by atoms with Crippen molar-refractivity contribution in [2.75, 3.05) is 11.9 Å². The fourth-order valence-electron chi connectivity index (χ4n) is 2.83. The zero-order valence-corrected chi connectivity index (χ0v) is 14.8.